The van der Waals surface area contributed by atoms with E-state index in [0.717, 1.165) is 35.9 Å². The van der Waals surface area contributed by atoms with E-state index in [0.29, 0.717) is 11.9 Å². The Morgan fingerprint density at radius 1 is 1.35 bits per heavy atom. The van der Waals surface area contributed by atoms with Crippen LogP contribution >= 0.6 is 23.2 Å². The molecule has 4 heteroatoms. The molecule has 0 bridgehead atoms. The first kappa shape index (κ1) is 13.0. The van der Waals surface area contributed by atoms with Crippen LogP contribution in [0.15, 0.2) is 18.2 Å². The van der Waals surface area contributed by atoms with Crippen molar-refractivity contribution in [2.24, 2.45) is 0 Å². The molecule has 0 aliphatic carbocycles. The number of piperazine rings is 1. The highest BCUT2D eigenvalue weighted by Crippen LogP contribution is 2.32. The first-order chi connectivity index (χ1) is 8.13. The zero-order valence-corrected chi connectivity index (χ0v) is 11.8. The number of hydrogen-bond acceptors (Lipinski definition) is 2. The third-order valence-corrected chi connectivity index (χ3v) is 4.08. The number of alkyl halides is 1. The molecule has 0 N–H and O–H groups in total. The van der Waals surface area contributed by atoms with Gasteiger partial charge in [-0.2, -0.15) is 0 Å². The molecule has 1 aliphatic heterocycles. The van der Waals surface area contributed by atoms with Gasteiger partial charge in [0.25, 0.3) is 0 Å². The van der Waals surface area contributed by atoms with Gasteiger partial charge in [0.2, 0.25) is 0 Å². The standard InChI is InChI=1S/C13H18Cl2N2/c1-10-9-17(7-6-16(10)2)13-11(8-14)4-3-5-12(13)15/h3-5,10H,6-9H2,1-2H3. The molecule has 17 heavy (non-hydrogen) atoms. The molecule has 0 radical (unpaired) electrons. The lowest BCUT2D eigenvalue weighted by molar-refractivity contribution is 0.234. The molecule has 1 aromatic carbocycles. The van der Waals surface area contributed by atoms with E-state index in [1.807, 2.05) is 12.1 Å². The summed E-state index contributed by atoms with van der Waals surface area (Å²) < 4.78 is 0. The van der Waals surface area contributed by atoms with Crippen LogP contribution in [-0.4, -0.2) is 37.6 Å². The van der Waals surface area contributed by atoms with Crippen molar-refractivity contribution in [3.8, 4) is 0 Å². The Labute approximate surface area is 113 Å². The molecule has 1 fully saturated rings. The maximum atomic E-state index is 6.31. The van der Waals surface area contributed by atoms with E-state index in [2.05, 4.69) is 29.8 Å². The molecule has 0 aromatic heterocycles. The lowest BCUT2D eigenvalue weighted by Crippen LogP contribution is -2.50. The Morgan fingerprint density at radius 3 is 2.76 bits per heavy atom. The molecule has 1 unspecified atom stereocenters. The third-order valence-electron chi connectivity index (χ3n) is 3.49. The normalized spacial score (nSPS) is 21.9. The van der Waals surface area contributed by atoms with Crippen LogP contribution in [-0.2, 0) is 5.88 Å². The number of rotatable bonds is 2. The zero-order valence-electron chi connectivity index (χ0n) is 10.3. The monoisotopic (exact) mass is 272 g/mol. The number of para-hydroxylation sites is 1. The second kappa shape index (κ2) is 5.47. The lowest BCUT2D eigenvalue weighted by Gasteiger charge is -2.40. The van der Waals surface area contributed by atoms with Crippen LogP contribution in [0.5, 0.6) is 0 Å². The van der Waals surface area contributed by atoms with E-state index < -0.39 is 0 Å². The Kier molecular flexibility index (Phi) is 4.18. The summed E-state index contributed by atoms with van der Waals surface area (Å²) in [5, 5.41) is 0.805. The minimum absolute atomic E-state index is 0.511. The van der Waals surface area contributed by atoms with Gasteiger partial charge in [0, 0.05) is 31.6 Å². The molecule has 2 nitrogen and oxygen atoms in total. The Bertz CT molecular complexity index is 395. The average molecular weight is 273 g/mol. The molecule has 1 aliphatic rings. The van der Waals surface area contributed by atoms with Gasteiger partial charge in [-0.3, -0.25) is 0 Å². The minimum atomic E-state index is 0.511. The molecule has 1 aromatic rings. The predicted octanol–water partition coefficient (Wildman–Crippen LogP) is 3.22. The molecule has 0 saturated carbocycles. The van der Waals surface area contributed by atoms with Gasteiger partial charge < -0.3 is 9.80 Å². The van der Waals surface area contributed by atoms with Crippen molar-refractivity contribution in [2.45, 2.75) is 18.8 Å². The third kappa shape index (κ3) is 2.70. The summed E-state index contributed by atoms with van der Waals surface area (Å²) in [5.74, 6) is 0.511. The highest BCUT2D eigenvalue weighted by atomic mass is 35.5. The molecule has 1 heterocycles. The highest BCUT2D eigenvalue weighted by molar-refractivity contribution is 6.33. The van der Waals surface area contributed by atoms with Crippen molar-refractivity contribution in [3.63, 3.8) is 0 Å². The van der Waals surface area contributed by atoms with E-state index in [1.165, 1.54) is 0 Å². The van der Waals surface area contributed by atoms with Crippen LogP contribution in [0.2, 0.25) is 5.02 Å². The Hall–Kier alpha value is -0.440. The summed E-state index contributed by atoms with van der Waals surface area (Å²) >= 11 is 12.3. The maximum Gasteiger partial charge on any atom is 0.0642 e. The van der Waals surface area contributed by atoms with Crippen molar-refractivity contribution in [2.75, 3.05) is 31.6 Å². The number of likely N-dealkylation sites (N-methyl/N-ethyl adjacent to an activating group) is 1. The minimum Gasteiger partial charge on any atom is -0.367 e. The van der Waals surface area contributed by atoms with Crippen molar-refractivity contribution in [3.05, 3.63) is 28.8 Å². The van der Waals surface area contributed by atoms with Crippen LogP contribution in [0.3, 0.4) is 0 Å². The van der Waals surface area contributed by atoms with E-state index >= 15 is 0 Å². The van der Waals surface area contributed by atoms with Gasteiger partial charge in [0.1, 0.15) is 0 Å². The van der Waals surface area contributed by atoms with Crippen LogP contribution in [0.4, 0.5) is 5.69 Å². The SMILES string of the molecule is CC1CN(c2c(Cl)cccc2CCl)CCN1C. The summed E-state index contributed by atoms with van der Waals surface area (Å²) in [5.41, 5.74) is 2.24. The molecule has 1 atom stereocenters. The van der Waals surface area contributed by atoms with E-state index in [9.17, 15) is 0 Å². The maximum absolute atomic E-state index is 6.31. The first-order valence-electron chi connectivity index (χ1n) is 5.92. The van der Waals surface area contributed by atoms with Gasteiger partial charge in [-0.05, 0) is 25.6 Å². The van der Waals surface area contributed by atoms with Crippen molar-refractivity contribution in [1.82, 2.24) is 4.90 Å². The molecule has 2 rings (SSSR count). The smallest absolute Gasteiger partial charge is 0.0642 e. The molecular weight excluding hydrogens is 255 g/mol. The van der Waals surface area contributed by atoms with Crippen LogP contribution < -0.4 is 4.90 Å². The van der Waals surface area contributed by atoms with Gasteiger partial charge >= 0.3 is 0 Å². The molecule has 94 valence electrons. The fourth-order valence-electron chi connectivity index (χ4n) is 2.27. The summed E-state index contributed by atoms with van der Waals surface area (Å²) in [4.78, 5) is 4.72. The number of anilines is 1. The summed E-state index contributed by atoms with van der Waals surface area (Å²) in [6, 6.07) is 6.50. The number of hydrogen-bond donors (Lipinski definition) is 0. The fraction of sp³-hybridized carbons (Fsp3) is 0.538. The van der Waals surface area contributed by atoms with Crippen LogP contribution in [0.1, 0.15) is 12.5 Å². The Balaban J connectivity index is 2.28. The largest absolute Gasteiger partial charge is 0.367 e. The zero-order chi connectivity index (χ0) is 12.4. The number of nitrogens with zero attached hydrogens (tertiary/aromatic N) is 2. The molecular formula is C13H18Cl2N2. The van der Waals surface area contributed by atoms with Crippen molar-refractivity contribution in [1.29, 1.82) is 0 Å². The van der Waals surface area contributed by atoms with Gasteiger partial charge in [-0.25, -0.2) is 0 Å². The van der Waals surface area contributed by atoms with Crippen molar-refractivity contribution < 1.29 is 0 Å². The summed E-state index contributed by atoms with van der Waals surface area (Å²) in [7, 11) is 2.16. The summed E-state index contributed by atoms with van der Waals surface area (Å²) in [6.45, 7) is 5.32. The highest BCUT2D eigenvalue weighted by Gasteiger charge is 2.23. The fourth-order valence-corrected chi connectivity index (χ4v) is 2.80. The topological polar surface area (TPSA) is 6.48 Å². The summed E-state index contributed by atoms with van der Waals surface area (Å²) in [6.07, 6.45) is 0. The van der Waals surface area contributed by atoms with E-state index in [4.69, 9.17) is 23.2 Å². The first-order valence-corrected chi connectivity index (χ1v) is 6.83. The second-order valence-corrected chi connectivity index (χ2v) is 5.33. The Morgan fingerprint density at radius 2 is 2.12 bits per heavy atom. The van der Waals surface area contributed by atoms with E-state index in [1.54, 1.807) is 0 Å². The molecule has 1 saturated heterocycles. The lowest BCUT2D eigenvalue weighted by atomic mass is 10.1. The quantitative estimate of drug-likeness (QED) is 0.763. The second-order valence-electron chi connectivity index (χ2n) is 4.66. The van der Waals surface area contributed by atoms with Crippen LogP contribution in [0.25, 0.3) is 0 Å². The van der Waals surface area contributed by atoms with Gasteiger partial charge in [0.15, 0.2) is 0 Å². The number of halogens is 2. The van der Waals surface area contributed by atoms with Gasteiger partial charge in [0.05, 0.1) is 10.7 Å². The van der Waals surface area contributed by atoms with Crippen LogP contribution in [0, 0.1) is 0 Å². The van der Waals surface area contributed by atoms with E-state index in [-0.39, 0.29) is 0 Å². The van der Waals surface area contributed by atoms with Gasteiger partial charge in [-0.1, -0.05) is 23.7 Å². The van der Waals surface area contributed by atoms with Crippen molar-refractivity contribution >= 4 is 28.9 Å². The predicted molar refractivity (Wildman–Crippen MR) is 75.3 cm³/mol. The van der Waals surface area contributed by atoms with Gasteiger partial charge in [-0.15, -0.1) is 11.6 Å². The number of benzene rings is 1. The molecule has 0 amide bonds. The molecule has 0 spiro atoms. The average Bonchev–Trinajstić information content (AvgIpc) is 2.32.